The third-order valence-corrected chi connectivity index (χ3v) is 5.21. The van der Waals surface area contributed by atoms with Crippen LogP contribution < -0.4 is 5.32 Å². The van der Waals surface area contributed by atoms with Crippen molar-refractivity contribution in [2.75, 3.05) is 12.3 Å². The monoisotopic (exact) mass is 349 g/mol. The third kappa shape index (κ3) is 4.65. The number of rotatable bonds is 7. The van der Waals surface area contributed by atoms with Crippen molar-refractivity contribution in [3.8, 4) is 0 Å². The molecule has 0 saturated heterocycles. The summed E-state index contributed by atoms with van der Waals surface area (Å²) in [7, 11) is 0. The van der Waals surface area contributed by atoms with Gasteiger partial charge in [-0.2, -0.15) is 0 Å². The highest BCUT2D eigenvalue weighted by Crippen LogP contribution is 2.30. The normalized spacial score (nSPS) is 12.3. The highest BCUT2D eigenvalue weighted by Gasteiger charge is 2.11. The van der Waals surface area contributed by atoms with Crippen LogP contribution in [0.2, 0.25) is 0 Å². The van der Waals surface area contributed by atoms with Crippen LogP contribution in [0.15, 0.2) is 64.0 Å². The summed E-state index contributed by atoms with van der Waals surface area (Å²) in [5.74, 6) is 1.03. The largest absolute Gasteiger partial charge is 0.309 e. The summed E-state index contributed by atoms with van der Waals surface area (Å²) in [4.78, 5) is 1.30. The van der Waals surface area contributed by atoms with Crippen LogP contribution in [0.25, 0.3) is 0 Å². The first-order valence-corrected chi connectivity index (χ1v) is 8.74. The maximum atomic E-state index is 3.64. The Morgan fingerprint density at radius 1 is 1.05 bits per heavy atom. The third-order valence-electron chi connectivity index (χ3n) is 3.08. The van der Waals surface area contributed by atoms with Crippen LogP contribution in [0, 0.1) is 0 Å². The number of halogens is 1. The van der Waals surface area contributed by atoms with Crippen molar-refractivity contribution in [1.82, 2.24) is 5.32 Å². The summed E-state index contributed by atoms with van der Waals surface area (Å²) in [6, 6.07) is 19.5. The Kier molecular flexibility index (Phi) is 6.64. The second-order valence-corrected chi connectivity index (χ2v) is 6.57. The maximum Gasteiger partial charge on any atom is 0.0415 e. The molecule has 0 aliphatic heterocycles. The zero-order valence-electron chi connectivity index (χ0n) is 11.7. The minimum atomic E-state index is 0.397. The molecular formula is C17H20BrNS. The molecule has 1 N–H and O–H groups in total. The minimum Gasteiger partial charge on any atom is -0.309 e. The summed E-state index contributed by atoms with van der Waals surface area (Å²) in [6.07, 6.45) is 1.16. The molecule has 0 bridgehead atoms. The molecule has 3 heteroatoms. The van der Waals surface area contributed by atoms with Gasteiger partial charge in [-0.1, -0.05) is 49.4 Å². The lowest BCUT2D eigenvalue weighted by atomic mass is 10.1. The maximum absolute atomic E-state index is 3.64. The van der Waals surface area contributed by atoms with E-state index in [1.54, 1.807) is 0 Å². The number of thioether (sulfide) groups is 1. The van der Waals surface area contributed by atoms with Crippen LogP contribution in [-0.4, -0.2) is 12.3 Å². The summed E-state index contributed by atoms with van der Waals surface area (Å²) in [6.45, 7) is 3.26. The molecule has 2 aromatic rings. The van der Waals surface area contributed by atoms with Crippen molar-refractivity contribution in [2.45, 2.75) is 24.3 Å². The zero-order chi connectivity index (χ0) is 14.2. The van der Waals surface area contributed by atoms with Gasteiger partial charge in [-0.25, -0.2) is 0 Å². The highest BCUT2D eigenvalue weighted by atomic mass is 79.9. The number of nitrogens with one attached hydrogen (secondary N) is 1. The van der Waals surface area contributed by atoms with Crippen LogP contribution in [0.1, 0.15) is 24.9 Å². The van der Waals surface area contributed by atoms with Gasteiger partial charge in [0, 0.05) is 21.2 Å². The molecule has 1 nitrogen and oxygen atoms in total. The number of hydrogen-bond acceptors (Lipinski definition) is 2. The van der Waals surface area contributed by atoms with E-state index in [0.717, 1.165) is 18.7 Å². The molecule has 0 aromatic heterocycles. The van der Waals surface area contributed by atoms with Gasteiger partial charge < -0.3 is 5.32 Å². The topological polar surface area (TPSA) is 12.0 Å². The lowest BCUT2D eigenvalue weighted by molar-refractivity contribution is 0.577. The molecule has 0 aliphatic carbocycles. The van der Waals surface area contributed by atoms with Crippen molar-refractivity contribution in [2.24, 2.45) is 0 Å². The Bertz CT molecular complexity index is 515. The average molecular weight is 350 g/mol. The summed E-state index contributed by atoms with van der Waals surface area (Å²) in [5.41, 5.74) is 1.36. The number of hydrogen-bond donors (Lipinski definition) is 1. The molecule has 20 heavy (non-hydrogen) atoms. The fraction of sp³-hybridized carbons (Fsp3) is 0.294. The van der Waals surface area contributed by atoms with Crippen LogP contribution in [0.5, 0.6) is 0 Å². The van der Waals surface area contributed by atoms with E-state index in [0.29, 0.717) is 6.04 Å². The molecule has 2 aromatic carbocycles. The second kappa shape index (κ2) is 8.50. The molecular weight excluding hydrogens is 330 g/mol. The van der Waals surface area contributed by atoms with Gasteiger partial charge in [0.05, 0.1) is 0 Å². The second-order valence-electron chi connectivity index (χ2n) is 4.66. The first-order chi connectivity index (χ1) is 9.81. The molecule has 106 valence electrons. The fourth-order valence-corrected chi connectivity index (χ4v) is 3.68. The summed E-state index contributed by atoms with van der Waals surface area (Å²) in [5, 5.41) is 3.64. The van der Waals surface area contributed by atoms with Crippen LogP contribution in [0.3, 0.4) is 0 Å². The van der Waals surface area contributed by atoms with Crippen LogP contribution in [0.4, 0.5) is 0 Å². The Morgan fingerprint density at radius 3 is 2.45 bits per heavy atom. The van der Waals surface area contributed by atoms with Crippen molar-refractivity contribution < 1.29 is 0 Å². The lowest BCUT2D eigenvalue weighted by Gasteiger charge is -2.19. The van der Waals surface area contributed by atoms with Crippen molar-refractivity contribution in [3.63, 3.8) is 0 Å². The van der Waals surface area contributed by atoms with E-state index in [1.807, 2.05) is 11.8 Å². The first kappa shape index (κ1) is 15.6. The molecule has 1 unspecified atom stereocenters. The Balaban J connectivity index is 2.03. The van der Waals surface area contributed by atoms with Gasteiger partial charge >= 0.3 is 0 Å². The minimum absolute atomic E-state index is 0.397. The molecule has 0 heterocycles. The van der Waals surface area contributed by atoms with Gasteiger partial charge in [0.1, 0.15) is 0 Å². The van der Waals surface area contributed by atoms with E-state index in [-0.39, 0.29) is 0 Å². The molecule has 0 aliphatic rings. The van der Waals surface area contributed by atoms with E-state index in [4.69, 9.17) is 0 Å². The van der Waals surface area contributed by atoms with E-state index < -0.39 is 0 Å². The Labute approximate surface area is 134 Å². The van der Waals surface area contributed by atoms with Gasteiger partial charge in [-0.15, -0.1) is 11.8 Å². The van der Waals surface area contributed by atoms with E-state index in [2.05, 4.69) is 82.8 Å². The van der Waals surface area contributed by atoms with Crippen molar-refractivity contribution in [1.29, 1.82) is 0 Å². The first-order valence-electron chi connectivity index (χ1n) is 6.97. The zero-order valence-corrected chi connectivity index (χ0v) is 14.1. The SMILES string of the molecule is CCCNC(CSc1ccccc1Br)c1ccccc1. The molecule has 2 rings (SSSR count). The van der Waals surface area contributed by atoms with Crippen molar-refractivity contribution in [3.05, 3.63) is 64.6 Å². The lowest BCUT2D eigenvalue weighted by Crippen LogP contribution is -2.24. The van der Waals surface area contributed by atoms with E-state index >= 15 is 0 Å². The Morgan fingerprint density at radius 2 is 1.75 bits per heavy atom. The van der Waals surface area contributed by atoms with Gasteiger partial charge in [-0.3, -0.25) is 0 Å². The van der Waals surface area contributed by atoms with Gasteiger partial charge in [-0.05, 0) is 46.6 Å². The summed E-state index contributed by atoms with van der Waals surface area (Å²) >= 11 is 5.51. The van der Waals surface area contributed by atoms with Crippen LogP contribution in [-0.2, 0) is 0 Å². The smallest absolute Gasteiger partial charge is 0.0415 e. The molecule has 1 atom stereocenters. The standard InChI is InChI=1S/C17H20BrNS/c1-2-12-19-16(14-8-4-3-5-9-14)13-20-17-11-7-6-10-15(17)18/h3-11,16,19H,2,12-13H2,1H3. The Hall–Kier alpha value is -0.770. The van der Waals surface area contributed by atoms with E-state index in [1.165, 1.54) is 14.9 Å². The molecule has 0 fully saturated rings. The van der Waals surface area contributed by atoms with Gasteiger partial charge in [0.25, 0.3) is 0 Å². The van der Waals surface area contributed by atoms with E-state index in [9.17, 15) is 0 Å². The van der Waals surface area contributed by atoms with Crippen LogP contribution >= 0.6 is 27.7 Å². The summed E-state index contributed by atoms with van der Waals surface area (Å²) < 4.78 is 1.17. The van der Waals surface area contributed by atoms with Crippen molar-refractivity contribution >= 4 is 27.7 Å². The van der Waals surface area contributed by atoms with Gasteiger partial charge in [0.2, 0.25) is 0 Å². The highest BCUT2D eigenvalue weighted by molar-refractivity contribution is 9.10. The fourth-order valence-electron chi connectivity index (χ4n) is 2.01. The molecule has 0 spiro atoms. The predicted octanol–water partition coefficient (Wildman–Crippen LogP) is 5.28. The predicted molar refractivity (Wildman–Crippen MR) is 92.3 cm³/mol. The molecule has 0 radical (unpaired) electrons. The average Bonchev–Trinajstić information content (AvgIpc) is 2.50. The van der Waals surface area contributed by atoms with Gasteiger partial charge in [0.15, 0.2) is 0 Å². The number of benzene rings is 2. The molecule has 0 amide bonds. The molecule has 0 saturated carbocycles. The quantitative estimate of drug-likeness (QED) is 0.682.